The first-order chi connectivity index (χ1) is 9.28. The molecule has 0 fully saturated rings. The highest BCUT2D eigenvalue weighted by Crippen LogP contribution is 2.11. The van der Waals surface area contributed by atoms with Gasteiger partial charge in [0.2, 0.25) is 11.2 Å². The molecule has 0 saturated carbocycles. The molecule has 0 aliphatic rings. The second-order valence-electron chi connectivity index (χ2n) is 3.81. The van der Waals surface area contributed by atoms with Gasteiger partial charge in [-0.25, -0.2) is 4.98 Å². The number of aromatic amines is 1. The van der Waals surface area contributed by atoms with Crippen LogP contribution in [0.25, 0.3) is 0 Å². The minimum absolute atomic E-state index is 0.116. The Morgan fingerprint density at radius 3 is 3.00 bits per heavy atom. The minimum Gasteiger partial charge on any atom is -0.463 e. The maximum atomic E-state index is 5.81. The fourth-order valence-corrected chi connectivity index (χ4v) is 1.55. The van der Waals surface area contributed by atoms with E-state index in [9.17, 15) is 0 Å². The third-order valence-corrected chi connectivity index (χ3v) is 2.42. The van der Waals surface area contributed by atoms with Crippen molar-refractivity contribution in [2.75, 3.05) is 18.5 Å². The molecule has 2 N–H and O–H groups in total. The first-order valence-electron chi connectivity index (χ1n) is 6.03. The highest BCUT2D eigenvalue weighted by Gasteiger charge is 2.05. The van der Waals surface area contributed by atoms with E-state index in [4.69, 9.17) is 16.3 Å². The zero-order valence-electron chi connectivity index (χ0n) is 10.6. The summed E-state index contributed by atoms with van der Waals surface area (Å²) < 4.78 is 5.33. The lowest BCUT2D eigenvalue weighted by molar-refractivity contribution is 0.291. The number of rotatable bonds is 7. The van der Waals surface area contributed by atoms with E-state index in [1.165, 1.54) is 0 Å². The van der Waals surface area contributed by atoms with E-state index in [2.05, 4.69) is 30.2 Å². The van der Waals surface area contributed by atoms with Crippen molar-refractivity contribution in [3.05, 3.63) is 23.5 Å². The van der Waals surface area contributed by atoms with Crippen molar-refractivity contribution in [3.63, 3.8) is 0 Å². The summed E-state index contributed by atoms with van der Waals surface area (Å²) in [7, 11) is 0. The van der Waals surface area contributed by atoms with E-state index in [0.717, 1.165) is 18.5 Å². The number of nitrogens with zero attached hydrogens (tertiary/aromatic N) is 4. The Morgan fingerprint density at radius 1 is 1.37 bits per heavy atom. The summed E-state index contributed by atoms with van der Waals surface area (Å²) >= 11 is 5.81. The van der Waals surface area contributed by atoms with Crippen molar-refractivity contribution in [1.82, 2.24) is 24.9 Å². The number of imidazole rings is 1. The summed E-state index contributed by atoms with van der Waals surface area (Å²) in [6.07, 6.45) is 5.09. The average molecular weight is 283 g/mol. The Bertz CT molecular complexity index is 504. The normalized spacial score (nSPS) is 10.4. The predicted molar refractivity (Wildman–Crippen MR) is 71.4 cm³/mol. The lowest BCUT2D eigenvalue weighted by Crippen LogP contribution is -2.10. The van der Waals surface area contributed by atoms with Crippen molar-refractivity contribution in [2.24, 2.45) is 0 Å². The number of aromatic nitrogens is 5. The molecule has 0 radical (unpaired) electrons. The molecule has 2 rings (SSSR count). The number of anilines is 1. The number of H-pyrrole nitrogens is 1. The SMILES string of the molecule is CCCOc1nc(Cl)nc(NCCc2cnc[nH]2)n1. The first kappa shape index (κ1) is 13.5. The van der Waals surface area contributed by atoms with Crippen molar-refractivity contribution in [2.45, 2.75) is 19.8 Å². The van der Waals surface area contributed by atoms with Crippen molar-refractivity contribution in [3.8, 4) is 6.01 Å². The van der Waals surface area contributed by atoms with Gasteiger partial charge in [0.1, 0.15) is 0 Å². The Morgan fingerprint density at radius 2 is 2.26 bits per heavy atom. The van der Waals surface area contributed by atoms with Crippen LogP contribution in [0.4, 0.5) is 5.95 Å². The Balaban J connectivity index is 1.90. The lowest BCUT2D eigenvalue weighted by Gasteiger charge is -2.06. The molecular formula is C11H15ClN6O. The van der Waals surface area contributed by atoms with Crippen molar-refractivity contribution < 1.29 is 4.74 Å². The van der Waals surface area contributed by atoms with E-state index in [0.29, 0.717) is 19.1 Å². The molecule has 2 aromatic heterocycles. The molecule has 0 amide bonds. The zero-order valence-corrected chi connectivity index (χ0v) is 11.3. The van der Waals surface area contributed by atoms with Crippen LogP contribution in [0.2, 0.25) is 5.28 Å². The second-order valence-corrected chi connectivity index (χ2v) is 4.15. The molecule has 102 valence electrons. The summed E-state index contributed by atoms with van der Waals surface area (Å²) in [6, 6.07) is 0.242. The van der Waals surface area contributed by atoms with Gasteiger partial charge >= 0.3 is 6.01 Å². The smallest absolute Gasteiger partial charge is 0.322 e. The molecule has 2 heterocycles. The monoisotopic (exact) mass is 282 g/mol. The molecule has 0 unspecified atom stereocenters. The standard InChI is InChI=1S/C11H15ClN6O/c1-2-5-19-11-17-9(12)16-10(18-11)14-4-3-8-6-13-7-15-8/h6-7H,2-5H2,1H3,(H,13,15)(H,14,16,17,18). The molecule has 0 spiro atoms. The van der Waals surface area contributed by atoms with Gasteiger partial charge in [-0.2, -0.15) is 15.0 Å². The molecule has 0 saturated heterocycles. The predicted octanol–water partition coefficient (Wildman–Crippen LogP) is 1.69. The van der Waals surface area contributed by atoms with Gasteiger partial charge in [0, 0.05) is 24.9 Å². The maximum Gasteiger partial charge on any atom is 0.322 e. The third-order valence-electron chi connectivity index (χ3n) is 2.26. The average Bonchev–Trinajstić information content (AvgIpc) is 2.89. The second kappa shape index (κ2) is 6.89. The minimum atomic E-state index is 0.116. The molecule has 2 aromatic rings. The number of hydrogen-bond acceptors (Lipinski definition) is 6. The number of nitrogens with one attached hydrogen (secondary N) is 2. The summed E-state index contributed by atoms with van der Waals surface area (Å²) in [5.74, 6) is 0.408. The lowest BCUT2D eigenvalue weighted by atomic mass is 10.3. The van der Waals surface area contributed by atoms with Crippen LogP contribution in [0, 0.1) is 0 Å². The Hall–Kier alpha value is -1.89. The first-order valence-corrected chi connectivity index (χ1v) is 6.41. The third kappa shape index (κ3) is 4.36. The van der Waals surface area contributed by atoms with E-state index in [-0.39, 0.29) is 11.3 Å². The van der Waals surface area contributed by atoms with Crippen LogP contribution in [-0.2, 0) is 6.42 Å². The number of hydrogen-bond donors (Lipinski definition) is 2. The van der Waals surface area contributed by atoms with E-state index >= 15 is 0 Å². The quantitative estimate of drug-likeness (QED) is 0.803. The van der Waals surface area contributed by atoms with Gasteiger partial charge in [-0.1, -0.05) is 6.92 Å². The van der Waals surface area contributed by atoms with Crippen LogP contribution in [0.3, 0.4) is 0 Å². The molecule has 0 aromatic carbocycles. The van der Waals surface area contributed by atoms with Gasteiger partial charge < -0.3 is 15.0 Å². The highest BCUT2D eigenvalue weighted by atomic mass is 35.5. The maximum absolute atomic E-state index is 5.81. The molecule has 8 heteroatoms. The summed E-state index contributed by atoms with van der Waals surface area (Å²) in [4.78, 5) is 19.0. The summed E-state index contributed by atoms with van der Waals surface area (Å²) in [5, 5.41) is 3.18. The summed E-state index contributed by atoms with van der Waals surface area (Å²) in [6.45, 7) is 3.22. The molecule has 7 nitrogen and oxygen atoms in total. The van der Waals surface area contributed by atoms with E-state index in [1.54, 1.807) is 12.5 Å². The van der Waals surface area contributed by atoms with Gasteiger partial charge in [-0.15, -0.1) is 0 Å². The van der Waals surface area contributed by atoms with Crippen molar-refractivity contribution >= 4 is 17.5 Å². The number of halogens is 1. The van der Waals surface area contributed by atoms with Crippen LogP contribution in [0.15, 0.2) is 12.5 Å². The fraction of sp³-hybridized carbons (Fsp3) is 0.455. The van der Waals surface area contributed by atoms with Gasteiger partial charge in [0.15, 0.2) is 0 Å². The molecule has 19 heavy (non-hydrogen) atoms. The van der Waals surface area contributed by atoms with Crippen LogP contribution in [0.5, 0.6) is 6.01 Å². The zero-order chi connectivity index (χ0) is 13.5. The topological polar surface area (TPSA) is 88.6 Å². The fourth-order valence-electron chi connectivity index (χ4n) is 1.40. The molecule has 0 bridgehead atoms. The van der Waals surface area contributed by atoms with E-state index in [1.807, 2.05) is 6.92 Å². The Kier molecular flexibility index (Phi) is 4.91. The van der Waals surface area contributed by atoms with Crippen LogP contribution >= 0.6 is 11.6 Å². The van der Waals surface area contributed by atoms with Crippen LogP contribution < -0.4 is 10.1 Å². The molecule has 0 aliphatic carbocycles. The molecule has 0 atom stereocenters. The Labute approximate surface area is 115 Å². The highest BCUT2D eigenvalue weighted by molar-refractivity contribution is 6.28. The number of ether oxygens (including phenoxy) is 1. The van der Waals surface area contributed by atoms with Gasteiger partial charge in [-0.05, 0) is 18.0 Å². The largest absolute Gasteiger partial charge is 0.463 e. The molecular weight excluding hydrogens is 268 g/mol. The van der Waals surface area contributed by atoms with Gasteiger partial charge in [-0.3, -0.25) is 0 Å². The van der Waals surface area contributed by atoms with Crippen LogP contribution in [-0.4, -0.2) is 38.1 Å². The van der Waals surface area contributed by atoms with Gasteiger partial charge in [0.25, 0.3) is 0 Å². The van der Waals surface area contributed by atoms with Crippen molar-refractivity contribution in [1.29, 1.82) is 0 Å². The van der Waals surface area contributed by atoms with Crippen LogP contribution in [0.1, 0.15) is 19.0 Å². The molecule has 0 aliphatic heterocycles. The van der Waals surface area contributed by atoms with E-state index < -0.39 is 0 Å². The summed E-state index contributed by atoms with van der Waals surface area (Å²) in [5.41, 5.74) is 1.04. The van der Waals surface area contributed by atoms with Gasteiger partial charge in [0.05, 0.1) is 12.9 Å².